The number of rotatable bonds is 6. The van der Waals surface area contributed by atoms with Crippen molar-refractivity contribution in [1.29, 1.82) is 0 Å². The molecular weight excluding hydrogens is 348 g/mol. The van der Waals surface area contributed by atoms with E-state index in [9.17, 15) is 13.2 Å². The molecule has 2 atom stereocenters. The predicted octanol–water partition coefficient (Wildman–Crippen LogP) is 1.44. The van der Waals surface area contributed by atoms with E-state index in [0.29, 0.717) is 19.0 Å². The number of carbonyl (C=O) groups excluding carboxylic acids is 1. The largest absolute Gasteiger partial charge is 0.338 e. The van der Waals surface area contributed by atoms with Crippen LogP contribution in [0.1, 0.15) is 45.0 Å². The van der Waals surface area contributed by atoms with Crippen molar-refractivity contribution in [2.45, 2.75) is 62.5 Å². The monoisotopic (exact) mass is 372 g/mol. The maximum atomic E-state index is 12.8. The molecule has 0 unspecified atom stereocenters. The van der Waals surface area contributed by atoms with Gasteiger partial charge in [-0.15, -0.1) is 10.2 Å². The lowest BCUT2D eigenvalue weighted by Gasteiger charge is -2.29. The van der Waals surface area contributed by atoms with Crippen LogP contribution in [0.15, 0.2) is 5.16 Å². The van der Waals surface area contributed by atoms with Crippen molar-refractivity contribution < 1.29 is 13.2 Å². The van der Waals surface area contributed by atoms with Crippen molar-refractivity contribution in [2.24, 2.45) is 0 Å². The van der Waals surface area contributed by atoms with Crippen LogP contribution in [0.4, 0.5) is 0 Å². The Labute approximate surface area is 147 Å². The second-order valence-corrected chi connectivity index (χ2v) is 10.1. The molecule has 0 N–H and O–H groups in total. The van der Waals surface area contributed by atoms with Crippen LogP contribution in [0.3, 0.4) is 0 Å². The Bertz CT molecular complexity index is 727. The maximum Gasteiger partial charge on any atom is 0.236 e. The number of hydrogen-bond donors (Lipinski definition) is 0. The predicted molar refractivity (Wildman–Crippen MR) is 92.8 cm³/mol. The summed E-state index contributed by atoms with van der Waals surface area (Å²) in [5, 5.41) is 8.83. The summed E-state index contributed by atoms with van der Waals surface area (Å²) in [6, 6.07) is 0.269. The minimum atomic E-state index is -3.00. The van der Waals surface area contributed by atoms with Gasteiger partial charge < -0.3 is 9.47 Å². The zero-order valence-electron chi connectivity index (χ0n) is 14.3. The van der Waals surface area contributed by atoms with E-state index >= 15 is 0 Å². The van der Waals surface area contributed by atoms with Crippen LogP contribution in [0.2, 0.25) is 0 Å². The van der Waals surface area contributed by atoms with Crippen molar-refractivity contribution in [1.82, 2.24) is 19.7 Å². The van der Waals surface area contributed by atoms with Crippen molar-refractivity contribution in [3.8, 4) is 0 Å². The smallest absolute Gasteiger partial charge is 0.236 e. The quantitative estimate of drug-likeness (QED) is 0.703. The third-order valence-electron chi connectivity index (χ3n) is 4.65. The lowest BCUT2D eigenvalue weighted by Crippen LogP contribution is -2.44. The lowest BCUT2D eigenvalue weighted by molar-refractivity contribution is -0.131. The Morgan fingerprint density at radius 1 is 1.38 bits per heavy atom. The van der Waals surface area contributed by atoms with Gasteiger partial charge in [0.2, 0.25) is 5.91 Å². The van der Waals surface area contributed by atoms with Gasteiger partial charge in [-0.25, -0.2) is 8.42 Å². The lowest BCUT2D eigenvalue weighted by atomic mass is 10.2. The molecule has 1 aliphatic heterocycles. The summed E-state index contributed by atoms with van der Waals surface area (Å²) in [7, 11) is -3.00. The van der Waals surface area contributed by atoms with E-state index in [1.807, 2.05) is 20.8 Å². The fourth-order valence-electron chi connectivity index (χ4n) is 3.24. The third kappa shape index (κ3) is 3.61. The SMILES string of the molecule is CCN(C(=O)[C@H](C)Sc1nnc(C)n1C1CC1)[C@@H]1CCS(=O)(=O)C1. The van der Waals surface area contributed by atoms with E-state index < -0.39 is 9.84 Å². The highest BCUT2D eigenvalue weighted by atomic mass is 32.2. The number of carbonyl (C=O) groups is 1. The highest BCUT2D eigenvalue weighted by molar-refractivity contribution is 8.00. The molecule has 2 fully saturated rings. The van der Waals surface area contributed by atoms with Crippen molar-refractivity contribution in [2.75, 3.05) is 18.1 Å². The Balaban J connectivity index is 1.69. The van der Waals surface area contributed by atoms with Gasteiger partial charge in [0.15, 0.2) is 15.0 Å². The number of amides is 1. The molecule has 24 heavy (non-hydrogen) atoms. The molecule has 0 aromatic carbocycles. The number of aromatic nitrogens is 3. The molecule has 1 aromatic rings. The van der Waals surface area contributed by atoms with Crippen LogP contribution in [-0.4, -0.2) is 63.3 Å². The molecule has 1 aromatic heterocycles. The van der Waals surface area contributed by atoms with Crippen molar-refractivity contribution in [3.05, 3.63) is 5.82 Å². The molecule has 0 bridgehead atoms. The number of thioether (sulfide) groups is 1. The number of hydrogen-bond acceptors (Lipinski definition) is 6. The number of nitrogens with zero attached hydrogens (tertiary/aromatic N) is 4. The molecule has 7 nitrogen and oxygen atoms in total. The van der Waals surface area contributed by atoms with Crippen LogP contribution < -0.4 is 0 Å². The minimum Gasteiger partial charge on any atom is -0.338 e. The molecule has 1 aliphatic carbocycles. The van der Waals surface area contributed by atoms with Crippen LogP contribution in [0.25, 0.3) is 0 Å². The van der Waals surface area contributed by atoms with E-state index in [4.69, 9.17) is 0 Å². The van der Waals surface area contributed by atoms with E-state index in [2.05, 4.69) is 14.8 Å². The zero-order valence-corrected chi connectivity index (χ0v) is 15.9. The Morgan fingerprint density at radius 3 is 2.62 bits per heavy atom. The van der Waals surface area contributed by atoms with E-state index in [-0.39, 0.29) is 28.7 Å². The van der Waals surface area contributed by atoms with Gasteiger partial charge in [0.25, 0.3) is 0 Å². The zero-order chi connectivity index (χ0) is 17.5. The van der Waals surface area contributed by atoms with Gasteiger partial charge in [0.05, 0.1) is 16.8 Å². The topological polar surface area (TPSA) is 85.2 Å². The molecule has 134 valence electrons. The summed E-state index contributed by atoms with van der Waals surface area (Å²) in [5.74, 6) is 1.13. The molecule has 3 rings (SSSR count). The van der Waals surface area contributed by atoms with Gasteiger partial charge in [0.1, 0.15) is 5.82 Å². The summed E-state index contributed by atoms with van der Waals surface area (Å²) >= 11 is 1.42. The summed E-state index contributed by atoms with van der Waals surface area (Å²) in [5.41, 5.74) is 0. The van der Waals surface area contributed by atoms with Crippen molar-refractivity contribution >= 4 is 27.5 Å². The summed E-state index contributed by atoms with van der Waals surface area (Å²) in [6.45, 7) is 6.22. The molecule has 9 heteroatoms. The fraction of sp³-hybridized carbons (Fsp3) is 0.800. The Morgan fingerprint density at radius 2 is 2.08 bits per heavy atom. The second-order valence-electron chi connectivity index (χ2n) is 6.57. The van der Waals surface area contributed by atoms with Gasteiger partial charge in [-0.05, 0) is 40.0 Å². The van der Waals surface area contributed by atoms with E-state index in [1.54, 1.807) is 4.90 Å². The Kier molecular flexibility index (Phi) is 4.92. The highest BCUT2D eigenvalue weighted by Crippen LogP contribution is 2.39. The summed E-state index contributed by atoms with van der Waals surface area (Å²) < 4.78 is 25.5. The average molecular weight is 373 g/mol. The molecule has 0 radical (unpaired) electrons. The first-order valence-electron chi connectivity index (χ1n) is 8.41. The summed E-state index contributed by atoms with van der Waals surface area (Å²) in [6.07, 6.45) is 2.81. The maximum absolute atomic E-state index is 12.8. The molecule has 2 heterocycles. The molecule has 1 saturated carbocycles. The van der Waals surface area contributed by atoms with Crippen LogP contribution in [0, 0.1) is 6.92 Å². The standard InChI is InChI=1S/C15H24N4O3S2/c1-4-18(13-7-8-24(21,22)9-13)14(20)10(2)23-15-17-16-11(3)19(15)12-5-6-12/h10,12-13H,4-9H2,1-3H3/t10-,13+/m0/s1. The average Bonchev–Trinajstić information content (AvgIpc) is 3.20. The van der Waals surface area contributed by atoms with Gasteiger partial charge >= 0.3 is 0 Å². The Hall–Kier alpha value is -1.09. The minimum absolute atomic E-state index is 0.0207. The molecule has 1 amide bonds. The van der Waals surface area contributed by atoms with Gasteiger partial charge in [-0.1, -0.05) is 11.8 Å². The summed E-state index contributed by atoms with van der Waals surface area (Å²) in [4.78, 5) is 14.5. The van der Waals surface area contributed by atoms with E-state index in [0.717, 1.165) is 23.8 Å². The first-order chi connectivity index (χ1) is 11.3. The van der Waals surface area contributed by atoms with Crippen LogP contribution in [0.5, 0.6) is 0 Å². The highest BCUT2D eigenvalue weighted by Gasteiger charge is 2.36. The molecule has 2 aliphatic rings. The second kappa shape index (κ2) is 6.67. The van der Waals surface area contributed by atoms with Gasteiger partial charge in [-0.2, -0.15) is 0 Å². The normalized spacial score (nSPS) is 24.0. The molecule has 1 saturated heterocycles. The van der Waals surface area contributed by atoms with Gasteiger partial charge in [-0.3, -0.25) is 4.79 Å². The first-order valence-corrected chi connectivity index (χ1v) is 11.1. The van der Waals surface area contributed by atoms with Crippen LogP contribution in [-0.2, 0) is 14.6 Å². The van der Waals surface area contributed by atoms with Gasteiger partial charge in [0, 0.05) is 18.6 Å². The fourth-order valence-corrected chi connectivity index (χ4v) is 6.01. The molecule has 0 spiro atoms. The third-order valence-corrected chi connectivity index (χ3v) is 7.44. The number of sulfone groups is 1. The van der Waals surface area contributed by atoms with Crippen LogP contribution >= 0.6 is 11.8 Å². The first kappa shape index (κ1) is 17.7. The van der Waals surface area contributed by atoms with Crippen molar-refractivity contribution in [3.63, 3.8) is 0 Å². The van der Waals surface area contributed by atoms with E-state index in [1.165, 1.54) is 11.8 Å². The number of aryl methyl sites for hydroxylation is 1. The molecular formula is C15H24N4O3S2.